The van der Waals surface area contributed by atoms with Gasteiger partial charge in [0, 0.05) is 13.1 Å². The number of nitrogens with zero attached hydrogens (tertiary/aromatic N) is 1. The molecule has 0 heterocycles. The average Bonchev–Trinajstić information content (AvgIpc) is 2.39. The molecule has 1 fully saturated rings. The van der Waals surface area contributed by atoms with Crippen LogP contribution in [-0.4, -0.2) is 38.1 Å². The van der Waals surface area contributed by atoms with E-state index in [2.05, 4.69) is 38.0 Å². The quantitative estimate of drug-likeness (QED) is 0.601. The van der Waals surface area contributed by atoms with E-state index in [9.17, 15) is 0 Å². The average molecular weight is 283 g/mol. The largest absolute Gasteiger partial charge is 0.316 e. The Kier molecular flexibility index (Phi) is 8.79. The van der Waals surface area contributed by atoms with E-state index in [4.69, 9.17) is 0 Å². The Morgan fingerprint density at radius 1 is 1.10 bits per heavy atom. The minimum atomic E-state index is 0.550. The summed E-state index contributed by atoms with van der Waals surface area (Å²) in [5.74, 6) is 0.762. The monoisotopic (exact) mass is 282 g/mol. The highest BCUT2D eigenvalue weighted by atomic mass is 15.1. The summed E-state index contributed by atoms with van der Waals surface area (Å²) in [6, 6.07) is 0. The SMILES string of the molecule is CCCCCN(C)CC1(CNCC(C)C)CCCCC1. The topological polar surface area (TPSA) is 15.3 Å². The standard InChI is InChI=1S/C18H38N2/c1-5-6-10-13-20(4)16-18(11-8-7-9-12-18)15-19-14-17(2)3/h17,19H,5-16H2,1-4H3. The lowest BCUT2D eigenvalue weighted by Crippen LogP contribution is -2.45. The predicted octanol–water partition coefficient (Wildman–Crippen LogP) is 4.30. The normalized spacial score (nSPS) is 18.9. The molecule has 0 amide bonds. The van der Waals surface area contributed by atoms with Gasteiger partial charge < -0.3 is 10.2 Å². The van der Waals surface area contributed by atoms with Crippen molar-refractivity contribution in [3.05, 3.63) is 0 Å². The first-order valence-corrected chi connectivity index (χ1v) is 8.97. The van der Waals surface area contributed by atoms with Crippen LogP contribution >= 0.6 is 0 Å². The van der Waals surface area contributed by atoms with Crippen molar-refractivity contribution in [1.29, 1.82) is 0 Å². The molecule has 1 aliphatic carbocycles. The van der Waals surface area contributed by atoms with E-state index in [1.807, 2.05) is 0 Å². The van der Waals surface area contributed by atoms with Crippen molar-refractivity contribution in [1.82, 2.24) is 10.2 Å². The van der Waals surface area contributed by atoms with Gasteiger partial charge >= 0.3 is 0 Å². The van der Waals surface area contributed by atoms with Gasteiger partial charge in [0.1, 0.15) is 0 Å². The van der Waals surface area contributed by atoms with Crippen molar-refractivity contribution in [3.8, 4) is 0 Å². The molecule has 120 valence electrons. The summed E-state index contributed by atoms with van der Waals surface area (Å²) < 4.78 is 0. The van der Waals surface area contributed by atoms with Crippen LogP contribution in [-0.2, 0) is 0 Å². The van der Waals surface area contributed by atoms with Crippen LogP contribution in [0.1, 0.15) is 72.1 Å². The zero-order valence-electron chi connectivity index (χ0n) is 14.5. The van der Waals surface area contributed by atoms with Crippen molar-refractivity contribution in [3.63, 3.8) is 0 Å². The predicted molar refractivity (Wildman–Crippen MR) is 90.2 cm³/mol. The van der Waals surface area contributed by atoms with Crippen molar-refractivity contribution in [2.45, 2.75) is 72.1 Å². The lowest BCUT2D eigenvalue weighted by molar-refractivity contribution is 0.115. The molecule has 0 radical (unpaired) electrons. The van der Waals surface area contributed by atoms with Gasteiger partial charge in [-0.15, -0.1) is 0 Å². The highest BCUT2D eigenvalue weighted by Gasteiger charge is 2.32. The Morgan fingerprint density at radius 3 is 2.40 bits per heavy atom. The van der Waals surface area contributed by atoms with Crippen LogP contribution in [0, 0.1) is 11.3 Å². The summed E-state index contributed by atoms with van der Waals surface area (Å²) in [6.45, 7) is 11.9. The first-order chi connectivity index (χ1) is 9.58. The maximum atomic E-state index is 3.74. The van der Waals surface area contributed by atoms with Crippen molar-refractivity contribution in [2.24, 2.45) is 11.3 Å². The van der Waals surface area contributed by atoms with Gasteiger partial charge in [-0.25, -0.2) is 0 Å². The lowest BCUT2D eigenvalue weighted by atomic mass is 9.73. The molecule has 2 nitrogen and oxygen atoms in total. The Hall–Kier alpha value is -0.0800. The first kappa shape index (κ1) is 18.0. The van der Waals surface area contributed by atoms with Crippen molar-refractivity contribution >= 4 is 0 Å². The molecule has 0 unspecified atom stereocenters. The van der Waals surface area contributed by atoms with Gasteiger partial charge in [0.15, 0.2) is 0 Å². The Bertz CT molecular complexity index is 232. The highest BCUT2D eigenvalue weighted by Crippen LogP contribution is 2.36. The smallest absolute Gasteiger partial charge is 0.00471 e. The summed E-state index contributed by atoms with van der Waals surface area (Å²) >= 11 is 0. The summed E-state index contributed by atoms with van der Waals surface area (Å²) in [6.07, 6.45) is 11.2. The molecule has 0 aromatic carbocycles. The molecule has 0 saturated heterocycles. The molecule has 1 rings (SSSR count). The van der Waals surface area contributed by atoms with E-state index in [0.29, 0.717) is 5.41 Å². The van der Waals surface area contributed by atoms with Crippen molar-refractivity contribution < 1.29 is 0 Å². The van der Waals surface area contributed by atoms with Crippen molar-refractivity contribution in [2.75, 3.05) is 33.2 Å². The van der Waals surface area contributed by atoms with Crippen LogP contribution in [0.3, 0.4) is 0 Å². The van der Waals surface area contributed by atoms with E-state index in [1.165, 1.54) is 77.5 Å². The molecule has 0 aromatic rings. The van der Waals surface area contributed by atoms with Gasteiger partial charge in [-0.05, 0) is 50.7 Å². The Balaban J connectivity index is 2.41. The zero-order valence-corrected chi connectivity index (χ0v) is 14.5. The summed E-state index contributed by atoms with van der Waals surface area (Å²) in [4.78, 5) is 2.60. The molecule has 0 bridgehead atoms. The molecule has 1 saturated carbocycles. The van der Waals surface area contributed by atoms with Crippen LogP contribution in [0.25, 0.3) is 0 Å². The van der Waals surface area contributed by atoms with Gasteiger partial charge in [-0.1, -0.05) is 52.9 Å². The molecular weight excluding hydrogens is 244 g/mol. The van der Waals surface area contributed by atoms with Crippen LogP contribution in [0.15, 0.2) is 0 Å². The number of unbranched alkanes of at least 4 members (excludes halogenated alkanes) is 2. The highest BCUT2D eigenvalue weighted by molar-refractivity contribution is 4.87. The Labute approximate surface area is 127 Å². The third kappa shape index (κ3) is 7.08. The lowest BCUT2D eigenvalue weighted by Gasteiger charge is -2.40. The third-order valence-corrected chi connectivity index (χ3v) is 4.72. The van der Waals surface area contributed by atoms with Crippen LogP contribution in [0.5, 0.6) is 0 Å². The van der Waals surface area contributed by atoms with E-state index in [-0.39, 0.29) is 0 Å². The minimum Gasteiger partial charge on any atom is -0.316 e. The molecule has 0 aliphatic heterocycles. The molecule has 1 aliphatic rings. The molecule has 2 heteroatoms. The molecule has 20 heavy (non-hydrogen) atoms. The second-order valence-electron chi connectivity index (χ2n) is 7.53. The maximum absolute atomic E-state index is 3.74. The summed E-state index contributed by atoms with van der Waals surface area (Å²) in [7, 11) is 2.33. The second-order valence-corrected chi connectivity index (χ2v) is 7.53. The fourth-order valence-electron chi connectivity index (χ4n) is 3.60. The van der Waals surface area contributed by atoms with E-state index < -0.39 is 0 Å². The molecule has 0 spiro atoms. The van der Waals surface area contributed by atoms with Gasteiger partial charge in [0.25, 0.3) is 0 Å². The van der Waals surface area contributed by atoms with Gasteiger partial charge in [-0.2, -0.15) is 0 Å². The first-order valence-electron chi connectivity index (χ1n) is 8.97. The fourth-order valence-corrected chi connectivity index (χ4v) is 3.60. The molecule has 1 N–H and O–H groups in total. The molecule has 0 atom stereocenters. The van der Waals surface area contributed by atoms with Crippen LogP contribution in [0.2, 0.25) is 0 Å². The number of hydrogen-bond donors (Lipinski definition) is 1. The molecular formula is C18H38N2. The van der Waals surface area contributed by atoms with Crippen LogP contribution in [0.4, 0.5) is 0 Å². The third-order valence-electron chi connectivity index (χ3n) is 4.72. The molecule has 0 aromatic heterocycles. The van der Waals surface area contributed by atoms with E-state index >= 15 is 0 Å². The summed E-state index contributed by atoms with van der Waals surface area (Å²) in [5.41, 5.74) is 0.550. The minimum absolute atomic E-state index is 0.550. The Morgan fingerprint density at radius 2 is 1.80 bits per heavy atom. The summed E-state index contributed by atoms with van der Waals surface area (Å²) in [5, 5.41) is 3.74. The fraction of sp³-hybridized carbons (Fsp3) is 1.00. The van der Waals surface area contributed by atoms with Gasteiger partial charge in [-0.3, -0.25) is 0 Å². The van der Waals surface area contributed by atoms with Gasteiger partial charge in [0.2, 0.25) is 0 Å². The number of hydrogen-bond acceptors (Lipinski definition) is 2. The second kappa shape index (κ2) is 9.78. The zero-order chi connectivity index (χ0) is 14.8. The van der Waals surface area contributed by atoms with E-state index in [0.717, 1.165) is 5.92 Å². The number of rotatable bonds is 10. The van der Waals surface area contributed by atoms with Gasteiger partial charge in [0.05, 0.1) is 0 Å². The number of nitrogens with one attached hydrogen (secondary N) is 1. The van der Waals surface area contributed by atoms with Crippen LogP contribution < -0.4 is 5.32 Å². The maximum Gasteiger partial charge on any atom is 0.00471 e. The van der Waals surface area contributed by atoms with E-state index in [1.54, 1.807) is 0 Å².